The summed E-state index contributed by atoms with van der Waals surface area (Å²) in [6.45, 7) is 12.0. The summed E-state index contributed by atoms with van der Waals surface area (Å²) in [7, 11) is 0. The van der Waals surface area contributed by atoms with E-state index in [0.29, 0.717) is 18.5 Å². The van der Waals surface area contributed by atoms with E-state index in [1.165, 1.54) is 25.7 Å². The van der Waals surface area contributed by atoms with Gasteiger partial charge in [-0.2, -0.15) is 0 Å². The maximum Gasteiger partial charge on any atom is 0.410 e. The van der Waals surface area contributed by atoms with Gasteiger partial charge in [0.15, 0.2) is 5.96 Å². The molecule has 1 aliphatic carbocycles. The number of nitrogens with one attached hydrogen (secondary N) is 1. The molecular weight excluding hydrogens is 304 g/mol. The third-order valence-electron chi connectivity index (χ3n) is 5.22. The topological polar surface area (TPSA) is 57.2 Å². The van der Waals surface area contributed by atoms with Crippen LogP contribution in [-0.2, 0) is 4.74 Å². The largest absolute Gasteiger partial charge is 0.444 e. The second kappa shape index (κ2) is 6.45. The molecule has 1 saturated heterocycles. The highest BCUT2D eigenvalue weighted by molar-refractivity contribution is 5.82. The van der Waals surface area contributed by atoms with Crippen LogP contribution in [-0.4, -0.2) is 66.2 Å². The van der Waals surface area contributed by atoms with Crippen molar-refractivity contribution in [3.8, 4) is 0 Å². The summed E-state index contributed by atoms with van der Waals surface area (Å²) in [5, 5.41) is 3.59. The van der Waals surface area contributed by atoms with Crippen molar-refractivity contribution >= 4 is 12.1 Å². The van der Waals surface area contributed by atoms with E-state index in [1.54, 1.807) is 0 Å². The lowest BCUT2D eigenvalue weighted by Gasteiger charge is -2.39. The molecule has 0 aromatic heterocycles. The van der Waals surface area contributed by atoms with Gasteiger partial charge in [-0.15, -0.1) is 0 Å². The standard InChI is InChI=1S/C18H32N4O2/c1-5-6-18(7-8-18)13-20-15-19-11-14-12-21(9-10-22(14)15)16(23)24-17(2,3)4/h14H,5-13H2,1-4H3,(H,19,20). The van der Waals surface area contributed by atoms with Gasteiger partial charge in [-0.1, -0.05) is 13.3 Å². The second-order valence-corrected chi connectivity index (χ2v) is 8.54. The fourth-order valence-corrected chi connectivity index (χ4v) is 3.71. The summed E-state index contributed by atoms with van der Waals surface area (Å²) >= 11 is 0. The Kier molecular flexibility index (Phi) is 4.67. The molecule has 3 aliphatic rings. The summed E-state index contributed by atoms with van der Waals surface area (Å²) in [6, 6.07) is 0.287. The minimum Gasteiger partial charge on any atom is -0.444 e. The van der Waals surface area contributed by atoms with E-state index in [4.69, 9.17) is 9.73 Å². The number of carbonyl (C=O) groups is 1. The van der Waals surface area contributed by atoms with Gasteiger partial charge in [-0.25, -0.2) is 4.79 Å². The SMILES string of the molecule is CCCC1(CNC2=NCC3CN(C(=O)OC(C)(C)C)CCN23)CC1. The van der Waals surface area contributed by atoms with Crippen molar-refractivity contribution in [2.45, 2.75) is 65.0 Å². The molecule has 24 heavy (non-hydrogen) atoms. The van der Waals surface area contributed by atoms with E-state index in [9.17, 15) is 4.79 Å². The van der Waals surface area contributed by atoms with Crippen molar-refractivity contribution < 1.29 is 9.53 Å². The van der Waals surface area contributed by atoms with Crippen molar-refractivity contribution in [3.05, 3.63) is 0 Å². The molecule has 2 aliphatic heterocycles. The van der Waals surface area contributed by atoms with Crippen LogP contribution in [0.4, 0.5) is 4.79 Å². The lowest BCUT2D eigenvalue weighted by Crippen LogP contribution is -2.57. The van der Waals surface area contributed by atoms with Crippen molar-refractivity contribution in [2.24, 2.45) is 10.4 Å². The van der Waals surface area contributed by atoms with E-state index in [2.05, 4.69) is 17.1 Å². The van der Waals surface area contributed by atoms with Gasteiger partial charge in [-0.05, 0) is 45.4 Å². The molecule has 0 spiro atoms. The number of rotatable bonds is 4. The highest BCUT2D eigenvalue weighted by Gasteiger charge is 2.43. The van der Waals surface area contributed by atoms with Crippen LogP contribution >= 0.6 is 0 Å². The molecule has 0 radical (unpaired) electrons. The molecule has 1 N–H and O–H groups in total. The number of amides is 1. The molecule has 6 heteroatoms. The Morgan fingerprint density at radius 3 is 2.75 bits per heavy atom. The van der Waals surface area contributed by atoms with Gasteiger partial charge in [0.25, 0.3) is 0 Å². The van der Waals surface area contributed by atoms with Crippen molar-refractivity contribution in [1.29, 1.82) is 0 Å². The number of hydrogen-bond acceptors (Lipinski definition) is 5. The fraction of sp³-hybridized carbons (Fsp3) is 0.889. The molecule has 0 aromatic rings. The molecule has 1 atom stereocenters. The smallest absolute Gasteiger partial charge is 0.410 e. The molecular formula is C18H32N4O2. The normalized spacial score (nSPS) is 25.2. The van der Waals surface area contributed by atoms with Gasteiger partial charge in [0.05, 0.1) is 12.6 Å². The zero-order valence-electron chi connectivity index (χ0n) is 15.6. The van der Waals surface area contributed by atoms with Crippen molar-refractivity contribution in [3.63, 3.8) is 0 Å². The molecule has 2 heterocycles. The van der Waals surface area contributed by atoms with E-state index in [1.807, 2.05) is 25.7 Å². The predicted molar refractivity (Wildman–Crippen MR) is 95.2 cm³/mol. The first kappa shape index (κ1) is 17.4. The molecule has 136 valence electrons. The number of piperazine rings is 1. The zero-order valence-corrected chi connectivity index (χ0v) is 15.6. The molecule has 1 unspecified atom stereocenters. The minimum absolute atomic E-state index is 0.205. The lowest BCUT2D eigenvalue weighted by atomic mass is 10.0. The van der Waals surface area contributed by atoms with E-state index in [-0.39, 0.29) is 12.1 Å². The van der Waals surface area contributed by atoms with Crippen LogP contribution in [0, 0.1) is 5.41 Å². The summed E-state index contributed by atoms with van der Waals surface area (Å²) in [5.74, 6) is 1.03. The molecule has 2 fully saturated rings. The highest BCUT2D eigenvalue weighted by Crippen LogP contribution is 2.49. The van der Waals surface area contributed by atoms with Gasteiger partial charge >= 0.3 is 6.09 Å². The number of guanidine groups is 1. The number of hydrogen-bond donors (Lipinski definition) is 1. The molecule has 1 saturated carbocycles. The first-order valence-electron chi connectivity index (χ1n) is 9.35. The number of aliphatic imine (C=N–C) groups is 1. The van der Waals surface area contributed by atoms with Gasteiger partial charge in [0.2, 0.25) is 0 Å². The highest BCUT2D eigenvalue weighted by atomic mass is 16.6. The monoisotopic (exact) mass is 336 g/mol. The number of nitrogens with zero attached hydrogens (tertiary/aromatic N) is 3. The van der Waals surface area contributed by atoms with Gasteiger partial charge in [-0.3, -0.25) is 4.99 Å². The number of carbonyl (C=O) groups excluding carboxylic acids is 1. The van der Waals surface area contributed by atoms with Crippen LogP contribution < -0.4 is 5.32 Å². The summed E-state index contributed by atoms with van der Waals surface area (Å²) in [5.41, 5.74) is 0.0820. The summed E-state index contributed by atoms with van der Waals surface area (Å²) < 4.78 is 5.50. The lowest BCUT2D eigenvalue weighted by molar-refractivity contribution is 0.0137. The number of fused-ring (bicyclic) bond motifs is 1. The Bertz CT molecular complexity index is 508. The quantitative estimate of drug-likeness (QED) is 0.857. The Balaban J connectivity index is 1.49. The number of ether oxygens (including phenoxy) is 1. The Hall–Kier alpha value is -1.46. The average molecular weight is 336 g/mol. The molecule has 3 rings (SSSR count). The van der Waals surface area contributed by atoms with Crippen LogP contribution in [0.3, 0.4) is 0 Å². The van der Waals surface area contributed by atoms with E-state index < -0.39 is 5.60 Å². The minimum atomic E-state index is -0.440. The average Bonchev–Trinajstić information content (AvgIpc) is 3.15. The summed E-state index contributed by atoms with van der Waals surface area (Å²) in [6.07, 6.45) is 5.05. The Morgan fingerprint density at radius 2 is 2.12 bits per heavy atom. The van der Waals surface area contributed by atoms with E-state index in [0.717, 1.165) is 25.6 Å². The van der Waals surface area contributed by atoms with E-state index >= 15 is 0 Å². The first-order valence-corrected chi connectivity index (χ1v) is 9.35. The molecule has 1 amide bonds. The van der Waals surface area contributed by atoms with Gasteiger partial charge < -0.3 is 19.9 Å². The zero-order chi connectivity index (χ0) is 17.4. The molecule has 6 nitrogen and oxygen atoms in total. The van der Waals surface area contributed by atoms with Crippen LogP contribution in [0.15, 0.2) is 4.99 Å². The van der Waals surface area contributed by atoms with Gasteiger partial charge in [0.1, 0.15) is 5.60 Å². The Morgan fingerprint density at radius 1 is 1.38 bits per heavy atom. The first-order chi connectivity index (χ1) is 11.3. The fourth-order valence-electron chi connectivity index (χ4n) is 3.71. The maximum absolute atomic E-state index is 12.3. The maximum atomic E-state index is 12.3. The molecule has 0 aromatic carbocycles. The van der Waals surface area contributed by atoms with Crippen LogP contribution in [0.1, 0.15) is 53.4 Å². The van der Waals surface area contributed by atoms with Crippen LogP contribution in [0.25, 0.3) is 0 Å². The van der Waals surface area contributed by atoms with Crippen molar-refractivity contribution in [2.75, 3.05) is 32.7 Å². The van der Waals surface area contributed by atoms with Crippen molar-refractivity contribution in [1.82, 2.24) is 15.1 Å². The van der Waals surface area contributed by atoms with Crippen LogP contribution in [0.5, 0.6) is 0 Å². The second-order valence-electron chi connectivity index (χ2n) is 8.54. The Labute approximate surface area is 145 Å². The third-order valence-corrected chi connectivity index (χ3v) is 5.22. The van der Waals surface area contributed by atoms with Gasteiger partial charge in [0, 0.05) is 26.2 Å². The third kappa shape index (κ3) is 3.95. The van der Waals surface area contributed by atoms with Crippen LogP contribution in [0.2, 0.25) is 0 Å². The summed E-state index contributed by atoms with van der Waals surface area (Å²) in [4.78, 5) is 21.1. The molecule has 0 bridgehead atoms. The predicted octanol–water partition coefficient (Wildman–Crippen LogP) is 2.45.